The molecule has 5 nitrogen and oxygen atoms in total. The molecule has 132 valence electrons. The first-order valence-electron chi connectivity index (χ1n) is 8.20. The maximum Gasteiger partial charge on any atom is 0.308 e. The van der Waals surface area contributed by atoms with Crippen molar-refractivity contribution in [3.05, 3.63) is 65.7 Å². The Balaban J connectivity index is 2.00. The quantitative estimate of drug-likeness (QED) is 0.774. The molecule has 0 aliphatic rings. The van der Waals surface area contributed by atoms with Gasteiger partial charge in [-0.3, -0.25) is 9.59 Å². The molecule has 2 aromatic rings. The van der Waals surface area contributed by atoms with Crippen molar-refractivity contribution in [2.75, 3.05) is 13.7 Å². The Labute approximate surface area is 147 Å². The van der Waals surface area contributed by atoms with Crippen molar-refractivity contribution in [3.63, 3.8) is 0 Å². The summed E-state index contributed by atoms with van der Waals surface area (Å²) >= 11 is 0. The number of aliphatic carboxylic acids is 1. The van der Waals surface area contributed by atoms with Gasteiger partial charge in [0.05, 0.1) is 18.9 Å². The first-order chi connectivity index (χ1) is 12.0. The topological polar surface area (TPSA) is 75.6 Å². The lowest BCUT2D eigenvalue weighted by molar-refractivity contribution is -0.141. The summed E-state index contributed by atoms with van der Waals surface area (Å²) in [5.41, 5.74) is 1.71. The number of carboxylic acids is 1. The van der Waals surface area contributed by atoms with Crippen molar-refractivity contribution in [2.45, 2.75) is 19.3 Å². The monoisotopic (exact) mass is 341 g/mol. The van der Waals surface area contributed by atoms with Crippen LogP contribution in [-0.4, -0.2) is 30.6 Å². The summed E-state index contributed by atoms with van der Waals surface area (Å²) in [4.78, 5) is 23.9. The Hall–Kier alpha value is -2.82. The molecule has 1 amide bonds. The summed E-state index contributed by atoms with van der Waals surface area (Å²) in [7, 11) is 1.55. The Morgan fingerprint density at radius 2 is 1.72 bits per heavy atom. The van der Waals surface area contributed by atoms with Crippen LogP contribution in [0.25, 0.3) is 0 Å². The van der Waals surface area contributed by atoms with Crippen molar-refractivity contribution < 1.29 is 19.4 Å². The fraction of sp³-hybridized carbons (Fsp3) is 0.300. The molecular formula is C20H23NO4. The van der Waals surface area contributed by atoms with Crippen LogP contribution in [0.1, 0.15) is 24.0 Å². The number of para-hydroxylation sites is 1. The highest BCUT2D eigenvalue weighted by atomic mass is 16.5. The van der Waals surface area contributed by atoms with Gasteiger partial charge in [0.2, 0.25) is 5.91 Å². The third-order valence-electron chi connectivity index (χ3n) is 4.22. The first-order valence-corrected chi connectivity index (χ1v) is 8.20. The van der Waals surface area contributed by atoms with Crippen molar-refractivity contribution in [3.8, 4) is 5.75 Å². The average Bonchev–Trinajstić information content (AvgIpc) is 2.64. The highest BCUT2D eigenvalue weighted by molar-refractivity contribution is 5.83. The van der Waals surface area contributed by atoms with E-state index >= 15 is 0 Å². The highest BCUT2D eigenvalue weighted by Crippen LogP contribution is 2.21. The maximum absolute atomic E-state index is 12.3. The number of ether oxygens (including phenoxy) is 1. The molecule has 0 fully saturated rings. The first kappa shape index (κ1) is 18.5. The molecule has 0 heterocycles. The van der Waals surface area contributed by atoms with Gasteiger partial charge in [0, 0.05) is 6.54 Å². The van der Waals surface area contributed by atoms with Crippen LogP contribution in [0.3, 0.4) is 0 Å². The summed E-state index contributed by atoms with van der Waals surface area (Å²) in [6.07, 6.45) is 0.291. The van der Waals surface area contributed by atoms with Gasteiger partial charge >= 0.3 is 5.97 Å². The average molecular weight is 341 g/mol. The predicted octanol–water partition coefficient (Wildman–Crippen LogP) is 2.86. The van der Waals surface area contributed by atoms with Gasteiger partial charge in [0.1, 0.15) is 5.75 Å². The van der Waals surface area contributed by atoms with Gasteiger partial charge in [-0.15, -0.1) is 0 Å². The van der Waals surface area contributed by atoms with Crippen LogP contribution in [0.4, 0.5) is 0 Å². The second-order valence-corrected chi connectivity index (χ2v) is 5.93. The zero-order valence-corrected chi connectivity index (χ0v) is 14.4. The maximum atomic E-state index is 12.3. The molecule has 25 heavy (non-hydrogen) atoms. The number of hydrogen-bond donors (Lipinski definition) is 2. The van der Waals surface area contributed by atoms with Crippen molar-refractivity contribution in [1.29, 1.82) is 0 Å². The fourth-order valence-corrected chi connectivity index (χ4v) is 2.65. The van der Waals surface area contributed by atoms with Crippen LogP contribution in [0.15, 0.2) is 54.6 Å². The van der Waals surface area contributed by atoms with Gasteiger partial charge in [0.25, 0.3) is 0 Å². The third kappa shape index (κ3) is 5.08. The molecule has 0 saturated carbocycles. The van der Waals surface area contributed by atoms with E-state index in [2.05, 4.69) is 5.32 Å². The van der Waals surface area contributed by atoms with Gasteiger partial charge in [-0.1, -0.05) is 48.5 Å². The molecule has 2 aromatic carbocycles. The number of rotatable bonds is 8. The minimum atomic E-state index is -0.946. The number of benzene rings is 2. The van der Waals surface area contributed by atoms with Crippen LogP contribution in [-0.2, 0) is 16.0 Å². The number of methoxy groups -OCH3 is 1. The normalized spacial score (nSPS) is 12.9. The summed E-state index contributed by atoms with van der Waals surface area (Å²) in [6, 6.07) is 16.7. The lowest BCUT2D eigenvalue weighted by Crippen LogP contribution is -2.36. The number of nitrogens with one attached hydrogen (secondary N) is 1. The lowest BCUT2D eigenvalue weighted by Gasteiger charge is -2.17. The number of carbonyl (C=O) groups excluding carboxylic acids is 1. The standard InChI is InChI=1S/C20H23NO4/c1-14(15-8-4-3-5-9-15)19(22)21-13-17(20(23)24)12-16-10-6-7-11-18(16)25-2/h3-11,14,17H,12-13H2,1-2H3,(H,21,22)(H,23,24). The van der Waals surface area contributed by atoms with Crippen molar-refractivity contribution in [1.82, 2.24) is 5.32 Å². The summed E-state index contributed by atoms with van der Waals surface area (Å²) in [5.74, 6) is -1.53. The summed E-state index contributed by atoms with van der Waals surface area (Å²) in [5, 5.41) is 12.2. The molecule has 0 saturated heterocycles. The molecule has 0 aromatic heterocycles. The van der Waals surface area contributed by atoms with Crippen LogP contribution in [0.2, 0.25) is 0 Å². The van der Waals surface area contributed by atoms with E-state index in [-0.39, 0.29) is 18.4 Å². The van der Waals surface area contributed by atoms with Crippen molar-refractivity contribution in [2.24, 2.45) is 5.92 Å². The van der Waals surface area contributed by atoms with E-state index in [0.29, 0.717) is 12.2 Å². The zero-order chi connectivity index (χ0) is 18.2. The zero-order valence-electron chi connectivity index (χ0n) is 14.4. The molecule has 0 bridgehead atoms. The fourth-order valence-electron chi connectivity index (χ4n) is 2.65. The molecule has 2 unspecified atom stereocenters. The molecule has 5 heteroatoms. The van der Waals surface area contributed by atoms with Gasteiger partial charge in [-0.25, -0.2) is 0 Å². The molecule has 2 rings (SSSR count). The van der Waals surface area contributed by atoms with E-state index in [1.165, 1.54) is 0 Å². The number of hydrogen-bond acceptors (Lipinski definition) is 3. The number of carboxylic acid groups (broad SMARTS) is 1. The smallest absolute Gasteiger partial charge is 0.308 e. The molecule has 0 aliphatic heterocycles. The van der Waals surface area contributed by atoms with E-state index < -0.39 is 11.9 Å². The SMILES string of the molecule is COc1ccccc1CC(CNC(=O)C(C)c1ccccc1)C(=O)O. The lowest BCUT2D eigenvalue weighted by atomic mass is 9.97. The largest absolute Gasteiger partial charge is 0.496 e. The van der Waals surface area contributed by atoms with Gasteiger partial charge < -0.3 is 15.2 Å². The van der Waals surface area contributed by atoms with Crippen LogP contribution in [0, 0.1) is 5.92 Å². The number of amides is 1. The highest BCUT2D eigenvalue weighted by Gasteiger charge is 2.22. The molecule has 0 aliphatic carbocycles. The van der Waals surface area contributed by atoms with E-state index in [9.17, 15) is 14.7 Å². The second kappa shape index (κ2) is 8.87. The second-order valence-electron chi connectivity index (χ2n) is 5.93. The van der Waals surface area contributed by atoms with Crippen molar-refractivity contribution >= 4 is 11.9 Å². The molecule has 0 spiro atoms. The molecular weight excluding hydrogens is 318 g/mol. The van der Waals surface area contributed by atoms with Crippen LogP contribution < -0.4 is 10.1 Å². The Morgan fingerprint density at radius 1 is 1.08 bits per heavy atom. The minimum Gasteiger partial charge on any atom is -0.496 e. The predicted molar refractivity (Wildman–Crippen MR) is 95.7 cm³/mol. The van der Waals surface area contributed by atoms with E-state index in [4.69, 9.17) is 4.74 Å². The summed E-state index contributed by atoms with van der Waals surface area (Å²) < 4.78 is 5.27. The molecule has 2 atom stereocenters. The van der Waals surface area contributed by atoms with Crippen LogP contribution in [0.5, 0.6) is 5.75 Å². The minimum absolute atomic E-state index is 0.0728. The Morgan fingerprint density at radius 3 is 2.36 bits per heavy atom. The molecule has 0 radical (unpaired) electrons. The summed E-state index contributed by atoms with van der Waals surface area (Å²) in [6.45, 7) is 1.88. The van der Waals surface area contributed by atoms with E-state index in [1.807, 2.05) is 48.5 Å². The van der Waals surface area contributed by atoms with E-state index in [1.54, 1.807) is 20.1 Å². The Kier molecular flexibility index (Phi) is 6.57. The van der Waals surface area contributed by atoms with Gasteiger partial charge in [-0.2, -0.15) is 0 Å². The number of carbonyl (C=O) groups is 2. The molecule has 2 N–H and O–H groups in total. The van der Waals surface area contributed by atoms with Gasteiger partial charge in [-0.05, 0) is 30.5 Å². The van der Waals surface area contributed by atoms with Gasteiger partial charge in [0.15, 0.2) is 0 Å². The van der Waals surface area contributed by atoms with E-state index in [0.717, 1.165) is 11.1 Å². The third-order valence-corrected chi connectivity index (χ3v) is 4.22. The van der Waals surface area contributed by atoms with Crippen LogP contribution >= 0.6 is 0 Å². The Bertz CT molecular complexity index is 715.